The van der Waals surface area contributed by atoms with E-state index < -0.39 is 0 Å². The smallest absolute Gasteiger partial charge is 0.101 e. The monoisotopic (exact) mass is 831 g/mol. The van der Waals surface area contributed by atoms with Crippen LogP contribution >= 0.6 is 0 Å². The first-order valence-electron chi connectivity index (χ1n) is 22.5. The fourth-order valence-electron chi connectivity index (χ4n) is 10.2. The second-order valence-corrected chi connectivity index (χ2v) is 17.6. The Labute approximate surface area is 380 Å². The van der Waals surface area contributed by atoms with Gasteiger partial charge in [0.25, 0.3) is 0 Å². The standard InChI is InChI=1S/C62H45N3/c1-62(2)56-31-19-18-30-54(56)55-35-33-51(41-57(55)62)64(52-37-47(42-20-8-3-9-21-42)36-48(38-52)43-22-10-4-11-23-43)50-32-34-53-49(39-50)40-58(44-24-12-5-13-25-44)65-61(53)59(45-26-14-6-15-27-45)60(63-65)46-28-16-7-17-29-46/h3-41H,1-2H3. The summed E-state index contributed by atoms with van der Waals surface area (Å²) in [5.74, 6) is 0. The van der Waals surface area contributed by atoms with Crippen LogP contribution in [0.1, 0.15) is 25.0 Å². The van der Waals surface area contributed by atoms with Crippen LogP contribution in [0.15, 0.2) is 237 Å². The summed E-state index contributed by atoms with van der Waals surface area (Å²) in [4.78, 5) is 2.47. The van der Waals surface area contributed by atoms with Crippen molar-refractivity contribution in [1.29, 1.82) is 0 Å². The van der Waals surface area contributed by atoms with Gasteiger partial charge in [-0.3, -0.25) is 0 Å². The van der Waals surface area contributed by atoms with Crippen LogP contribution in [-0.2, 0) is 5.41 Å². The largest absolute Gasteiger partial charge is 0.310 e. The van der Waals surface area contributed by atoms with Gasteiger partial charge in [0.05, 0.1) is 11.2 Å². The van der Waals surface area contributed by atoms with Crippen LogP contribution in [-0.4, -0.2) is 9.61 Å². The predicted octanol–water partition coefficient (Wildman–Crippen LogP) is 16.6. The molecule has 1 aliphatic carbocycles. The molecule has 65 heavy (non-hydrogen) atoms. The first-order valence-corrected chi connectivity index (χ1v) is 22.5. The summed E-state index contributed by atoms with van der Waals surface area (Å²) >= 11 is 0. The number of anilines is 3. The normalized spacial score (nSPS) is 12.6. The number of pyridine rings is 1. The number of benzene rings is 9. The third-order valence-electron chi connectivity index (χ3n) is 13.3. The van der Waals surface area contributed by atoms with E-state index >= 15 is 0 Å². The van der Waals surface area contributed by atoms with Crippen molar-refractivity contribution in [2.75, 3.05) is 4.90 Å². The zero-order chi connectivity index (χ0) is 43.5. The summed E-state index contributed by atoms with van der Waals surface area (Å²) in [6, 6.07) is 85.9. The highest BCUT2D eigenvalue weighted by Crippen LogP contribution is 2.51. The number of aromatic nitrogens is 2. The first-order chi connectivity index (χ1) is 32.0. The highest BCUT2D eigenvalue weighted by atomic mass is 15.2. The van der Waals surface area contributed by atoms with Crippen molar-refractivity contribution >= 4 is 33.4 Å². The van der Waals surface area contributed by atoms with E-state index in [1.165, 1.54) is 33.4 Å². The Morgan fingerprint density at radius 3 is 1.52 bits per heavy atom. The summed E-state index contributed by atoms with van der Waals surface area (Å²) < 4.78 is 2.18. The number of fused-ring (bicyclic) bond motifs is 6. The van der Waals surface area contributed by atoms with Crippen molar-refractivity contribution in [3.8, 4) is 67.0 Å². The third-order valence-corrected chi connectivity index (χ3v) is 13.3. The minimum absolute atomic E-state index is 0.166. The number of nitrogens with zero attached hydrogens (tertiary/aromatic N) is 3. The SMILES string of the molecule is CC1(C)c2ccccc2-c2ccc(N(c3cc(-c4ccccc4)cc(-c4ccccc4)c3)c3ccc4c(c3)cc(-c3ccccc3)n3nc(-c5ccccc5)c(-c5ccccc5)c43)cc21. The Morgan fingerprint density at radius 1 is 0.385 bits per heavy atom. The second-order valence-electron chi connectivity index (χ2n) is 17.6. The van der Waals surface area contributed by atoms with E-state index in [-0.39, 0.29) is 5.41 Å². The van der Waals surface area contributed by atoms with E-state index in [9.17, 15) is 0 Å². The molecule has 2 aromatic heterocycles. The average Bonchev–Trinajstić information content (AvgIpc) is 3.88. The van der Waals surface area contributed by atoms with Gasteiger partial charge in [-0.15, -0.1) is 0 Å². The van der Waals surface area contributed by atoms with Gasteiger partial charge < -0.3 is 4.90 Å². The minimum atomic E-state index is -0.166. The Kier molecular flexibility index (Phi) is 9.17. The molecule has 3 heteroatoms. The number of hydrogen-bond donors (Lipinski definition) is 0. The molecule has 1 aliphatic rings. The van der Waals surface area contributed by atoms with Gasteiger partial charge >= 0.3 is 0 Å². The van der Waals surface area contributed by atoms with E-state index in [0.29, 0.717) is 0 Å². The summed E-state index contributed by atoms with van der Waals surface area (Å²) in [5.41, 5.74) is 20.6. The van der Waals surface area contributed by atoms with Crippen molar-refractivity contribution in [2.24, 2.45) is 0 Å². The Bertz CT molecular complexity index is 3480. The van der Waals surface area contributed by atoms with Gasteiger partial charge in [-0.05, 0) is 104 Å². The molecule has 2 heterocycles. The van der Waals surface area contributed by atoms with Crippen LogP contribution in [0.5, 0.6) is 0 Å². The quantitative estimate of drug-likeness (QED) is 0.152. The van der Waals surface area contributed by atoms with Crippen molar-refractivity contribution < 1.29 is 0 Å². The molecule has 9 aromatic carbocycles. The molecule has 0 saturated heterocycles. The van der Waals surface area contributed by atoms with Gasteiger partial charge in [0.15, 0.2) is 0 Å². The van der Waals surface area contributed by atoms with Crippen LogP contribution in [0.25, 0.3) is 83.3 Å². The van der Waals surface area contributed by atoms with Gasteiger partial charge in [-0.2, -0.15) is 5.10 Å². The molecule has 12 rings (SSSR count). The van der Waals surface area contributed by atoms with Crippen LogP contribution in [0.2, 0.25) is 0 Å². The van der Waals surface area contributed by atoms with Crippen molar-refractivity contribution in [2.45, 2.75) is 19.3 Å². The van der Waals surface area contributed by atoms with Crippen LogP contribution in [0.3, 0.4) is 0 Å². The van der Waals surface area contributed by atoms with Gasteiger partial charge in [-0.25, -0.2) is 4.52 Å². The highest BCUT2D eigenvalue weighted by molar-refractivity contribution is 6.10. The maximum absolute atomic E-state index is 5.49. The van der Waals surface area contributed by atoms with Gasteiger partial charge in [0, 0.05) is 44.6 Å². The molecular weight excluding hydrogens is 787 g/mol. The number of hydrogen-bond acceptors (Lipinski definition) is 2. The van der Waals surface area contributed by atoms with Crippen LogP contribution < -0.4 is 4.90 Å². The molecule has 0 saturated carbocycles. The molecule has 11 aromatic rings. The molecule has 3 nitrogen and oxygen atoms in total. The lowest BCUT2D eigenvalue weighted by atomic mass is 9.82. The molecule has 0 radical (unpaired) electrons. The molecule has 0 atom stereocenters. The van der Waals surface area contributed by atoms with Crippen molar-refractivity contribution in [3.63, 3.8) is 0 Å². The van der Waals surface area contributed by atoms with E-state index in [4.69, 9.17) is 5.10 Å². The maximum atomic E-state index is 5.49. The molecule has 0 N–H and O–H groups in total. The molecule has 0 unspecified atom stereocenters. The minimum Gasteiger partial charge on any atom is -0.310 e. The van der Waals surface area contributed by atoms with Gasteiger partial charge in [0.1, 0.15) is 5.69 Å². The molecule has 0 aliphatic heterocycles. The third kappa shape index (κ3) is 6.55. The molecule has 0 amide bonds. The van der Waals surface area contributed by atoms with E-state index in [1.807, 2.05) is 0 Å². The van der Waals surface area contributed by atoms with E-state index in [1.54, 1.807) is 0 Å². The van der Waals surface area contributed by atoms with E-state index in [2.05, 4.69) is 260 Å². The Balaban J connectivity index is 1.15. The predicted molar refractivity (Wildman–Crippen MR) is 272 cm³/mol. The van der Waals surface area contributed by atoms with Crippen LogP contribution in [0, 0.1) is 0 Å². The highest BCUT2D eigenvalue weighted by Gasteiger charge is 2.36. The second kappa shape index (κ2) is 15.5. The number of rotatable bonds is 8. The zero-order valence-corrected chi connectivity index (χ0v) is 36.4. The maximum Gasteiger partial charge on any atom is 0.101 e. The lowest BCUT2D eigenvalue weighted by Crippen LogP contribution is -2.16. The Morgan fingerprint density at radius 2 is 0.892 bits per heavy atom. The summed E-state index contributed by atoms with van der Waals surface area (Å²) in [6.45, 7) is 4.72. The molecule has 0 fully saturated rings. The average molecular weight is 832 g/mol. The first kappa shape index (κ1) is 38.4. The zero-order valence-electron chi connectivity index (χ0n) is 36.4. The van der Waals surface area contributed by atoms with E-state index in [0.717, 1.165) is 78.1 Å². The van der Waals surface area contributed by atoms with Crippen LogP contribution in [0.4, 0.5) is 17.1 Å². The lowest BCUT2D eigenvalue weighted by Gasteiger charge is -2.29. The van der Waals surface area contributed by atoms with Crippen molar-refractivity contribution in [1.82, 2.24) is 9.61 Å². The molecule has 308 valence electrons. The fraction of sp³-hybridized carbons (Fsp3) is 0.0484. The van der Waals surface area contributed by atoms with Gasteiger partial charge in [-0.1, -0.05) is 202 Å². The van der Waals surface area contributed by atoms with Crippen molar-refractivity contribution in [3.05, 3.63) is 248 Å². The summed E-state index contributed by atoms with van der Waals surface area (Å²) in [5, 5.41) is 7.75. The Hall–Kier alpha value is -8.27. The fourth-order valence-corrected chi connectivity index (χ4v) is 10.2. The topological polar surface area (TPSA) is 20.5 Å². The molecule has 0 spiro atoms. The summed E-state index contributed by atoms with van der Waals surface area (Å²) in [7, 11) is 0. The molecular formula is C62H45N3. The molecule has 0 bridgehead atoms. The van der Waals surface area contributed by atoms with Gasteiger partial charge in [0.2, 0.25) is 0 Å². The summed E-state index contributed by atoms with van der Waals surface area (Å²) in [6.07, 6.45) is 0. The lowest BCUT2D eigenvalue weighted by molar-refractivity contribution is 0.660.